The van der Waals surface area contributed by atoms with Crippen LogP contribution in [-0.4, -0.2) is 12.8 Å². The highest BCUT2D eigenvalue weighted by Crippen LogP contribution is 2.16. The predicted octanol–water partition coefficient (Wildman–Crippen LogP) is 3.98. The Hall–Kier alpha value is -2.16. The summed E-state index contributed by atoms with van der Waals surface area (Å²) in [4.78, 5) is 4.44. The van der Waals surface area contributed by atoms with Crippen molar-refractivity contribution < 1.29 is 9.13 Å². The quantitative estimate of drug-likeness (QED) is 0.747. The number of hydrogen-bond donors (Lipinski definition) is 0. The first kappa shape index (κ1) is 12.3. The van der Waals surface area contributed by atoms with Crippen molar-refractivity contribution in [2.75, 3.05) is 7.11 Å². The molecule has 0 saturated heterocycles. The van der Waals surface area contributed by atoms with E-state index in [1.165, 1.54) is 12.1 Å². The Kier molecular flexibility index (Phi) is 3.72. The van der Waals surface area contributed by atoms with Crippen molar-refractivity contribution in [2.45, 2.75) is 6.92 Å². The standard InChI is InChI=1S/C15H14FNO/c1-11(12-3-9-15(18-2)10-4-12)17-14-7-5-13(16)6-8-14/h3-10H,1-2H3. The largest absolute Gasteiger partial charge is 0.497 e. The summed E-state index contributed by atoms with van der Waals surface area (Å²) in [5.74, 6) is 0.560. The van der Waals surface area contributed by atoms with Crippen LogP contribution in [0.15, 0.2) is 53.5 Å². The van der Waals surface area contributed by atoms with Crippen LogP contribution in [0, 0.1) is 5.82 Å². The van der Waals surface area contributed by atoms with E-state index in [2.05, 4.69) is 4.99 Å². The summed E-state index contributed by atoms with van der Waals surface area (Å²) in [5, 5.41) is 0. The van der Waals surface area contributed by atoms with Crippen LogP contribution in [0.25, 0.3) is 0 Å². The molecule has 18 heavy (non-hydrogen) atoms. The number of nitrogens with zero attached hydrogens (tertiary/aromatic N) is 1. The number of benzene rings is 2. The van der Waals surface area contributed by atoms with Gasteiger partial charge in [0.15, 0.2) is 0 Å². The molecule has 2 aromatic rings. The van der Waals surface area contributed by atoms with Crippen molar-refractivity contribution in [1.82, 2.24) is 0 Å². The number of halogens is 1. The highest BCUT2D eigenvalue weighted by atomic mass is 19.1. The fourth-order valence-electron chi connectivity index (χ4n) is 1.61. The highest BCUT2D eigenvalue weighted by molar-refractivity contribution is 6.00. The number of hydrogen-bond acceptors (Lipinski definition) is 2. The van der Waals surface area contributed by atoms with Gasteiger partial charge >= 0.3 is 0 Å². The van der Waals surface area contributed by atoms with Gasteiger partial charge in [-0.25, -0.2) is 4.39 Å². The first-order valence-electron chi connectivity index (χ1n) is 5.64. The fraction of sp³-hybridized carbons (Fsp3) is 0.133. The molecule has 0 aliphatic heterocycles. The Labute approximate surface area is 106 Å². The average Bonchev–Trinajstić information content (AvgIpc) is 2.41. The maximum absolute atomic E-state index is 12.8. The van der Waals surface area contributed by atoms with Crippen LogP contribution in [0.1, 0.15) is 12.5 Å². The average molecular weight is 243 g/mol. The zero-order chi connectivity index (χ0) is 13.0. The molecule has 0 N–H and O–H groups in total. The Morgan fingerprint density at radius 1 is 1.00 bits per heavy atom. The summed E-state index contributed by atoms with van der Waals surface area (Å²) in [5.41, 5.74) is 2.63. The van der Waals surface area contributed by atoms with Crippen LogP contribution >= 0.6 is 0 Å². The van der Waals surface area contributed by atoms with Crippen molar-refractivity contribution in [1.29, 1.82) is 0 Å². The molecule has 0 amide bonds. The zero-order valence-corrected chi connectivity index (χ0v) is 10.4. The minimum Gasteiger partial charge on any atom is -0.497 e. The van der Waals surface area contributed by atoms with Gasteiger partial charge in [-0.1, -0.05) is 0 Å². The van der Waals surface area contributed by atoms with Gasteiger partial charge in [-0.3, -0.25) is 4.99 Å². The molecule has 0 bridgehead atoms. The van der Waals surface area contributed by atoms with E-state index in [4.69, 9.17) is 4.74 Å². The SMILES string of the molecule is COc1ccc(C(C)=Nc2ccc(F)cc2)cc1. The molecule has 0 aromatic heterocycles. The second-order valence-corrected chi connectivity index (χ2v) is 3.90. The molecular formula is C15H14FNO. The van der Waals surface area contributed by atoms with E-state index in [1.807, 2.05) is 31.2 Å². The van der Waals surface area contributed by atoms with Crippen molar-refractivity contribution >= 4 is 11.4 Å². The summed E-state index contributed by atoms with van der Waals surface area (Å²) in [6, 6.07) is 13.8. The topological polar surface area (TPSA) is 21.6 Å². The molecule has 2 rings (SSSR count). The Bertz CT molecular complexity index is 544. The number of rotatable bonds is 3. The van der Waals surface area contributed by atoms with Crippen molar-refractivity contribution in [3.63, 3.8) is 0 Å². The van der Waals surface area contributed by atoms with Crippen molar-refractivity contribution in [3.05, 3.63) is 59.9 Å². The van der Waals surface area contributed by atoms with Crippen LogP contribution < -0.4 is 4.74 Å². The molecule has 2 nitrogen and oxygen atoms in total. The number of ether oxygens (including phenoxy) is 1. The lowest BCUT2D eigenvalue weighted by atomic mass is 10.1. The Morgan fingerprint density at radius 3 is 2.17 bits per heavy atom. The van der Waals surface area contributed by atoms with Gasteiger partial charge in [0.05, 0.1) is 12.8 Å². The van der Waals surface area contributed by atoms with Crippen LogP contribution in [0.2, 0.25) is 0 Å². The lowest BCUT2D eigenvalue weighted by molar-refractivity contribution is 0.415. The van der Waals surface area contributed by atoms with Gasteiger partial charge in [-0.15, -0.1) is 0 Å². The van der Waals surface area contributed by atoms with E-state index in [1.54, 1.807) is 19.2 Å². The van der Waals surface area contributed by atoms with Gasteiger partial charge < -0.3 is 4.74 Å². The molecule has 3 heteroatoms. The third-order valence-electron chi connectivity index (χ3n) is 2.63. The smallest absolute Gasteiger partial charge is 0.123 e. The Balaban J connectivity index is 2.23. The summed E-state index contributed by atoms with van der Waals surface area (Å²) in [7, 11) is 1.63. The minimum atomic E-state index is -0.254. The summed E-state index contributed by atoms with van der Waals surface area (Å²) in [6.07, 6.45) is 0. The molecule has 0 aliphatic rings. The Morgan fingerprint density at radius 2 is 1.61 bits per heavy atom. The molecule has 0 aliphatic carbocycles. The van der Waals surface area contributed by atoms with E-state index in [9.17, 15) is 4.39 Å². The van der Waals surface area contributed by atoms with Gasteiger partial charge in [0.2, 0.25) is 0 Å². The van der Waals surface area contributed by atoms with Crippen molar-refractivity contribution in [3.8, 4) is 5.75 Å². The summed E-state index contributed by atoms with van der Waals surface area (Å²) < 4.78 is 17.9. The molecule has 0 unspecified atom stereocenters. The zero-order valence-electron chi connectivity index (χ0n) is 10.4. The molecule has 2 aromatic carbocycles. The maximum Gasteiger partial charge on any atom is 0.123 e. The molecule has 0 radical (unpaired) electrons. The van der Waals surface area contributed by atoms with Crippen LogP contribution in [0.3, 0.4) is 0 Å². The van der Waals surface area contributed by atoms with Crippen LogP contribution in [-0.2, 0) is 0 Å². The molecule has 0 heterocycles. The van der Waals surface area contributed by atoms with Crippen LogP contribution in [0.4, 0.5) is 10.1 Å². The fourth-order valence-corrected chi connectivity index (χ4v) is 1.61. The van der Waals surface area contributed by atoms with Gasteiger partial charge in [0, 0.05) is 5.71 Å². The van der Waals surface area contributed by atoms with Crippen LogP contribution in [0.5, 0.6) is 5.75 Å². The molecule has 0 saturated carbocycles. The molecule has 0 spiro atoms. The second-order valence-electron chi connectivity index (χ2n) is 3.90. The highest BCUT2D eigenvalue weighted by Gasteiger charge is 1.99. The van der Waals surface area contributed by atoms with Gasteiger partial charge in [-0.2, -0.15) is 0 Å². The third-order valence-corrected chi connectivity index (χ3v) is 2.63. The minimum absolute atomic E-state index is 0.254. The van der Waals surface area contributed by atoms with Gasteiger partial charge in [-0.05, 0) is 61.0 Å². The van der Waals surface area contributed by atoms with E-state index < -0.39 is 0 Å². The lowest BCUT2D eigenvalue weighted by Crippen LogP contribution is -1.94. The molecule has 92 valence electrons. The molecular weight excluding hydrogens is 229 g/mol. The molecule has 0 atom stereocenters. The second kappa shape index (κ2) is 5.45. The first-order valence-corrected chi connectivity index (χ1v) is 5.64. The lowest BCUT2D eigenvalue weighted by Gasteiger charge is -2.03. The monoisotopic (exact) mass is 243 g/mol. The normalized spacial score (nSPS) is 11.4. The number of aliphatic imine (C=N–C) groups is 1. The van der Waals surface area contributed by atoms with E-state index >= 15 is 0 Å². The number of methoxy groups -OCH3 is 1. The van der Waals surface area contributed by atoms with E-state index in [0.717, 1.165) is 22.7 Å². The third kappa shape index (κ3) is 2.94. The predicted molar refractivity (Wildman–Crippen MR) is 71.3 cm³/mol. The van der Waals surface area contributed by atoms with E-state index in [0.29, 0.717) is 0 Å². The maximum atomic E-state index is 12.8. The van der Waals surface area contributed by atoms with Gasteiger partial charge in [0.1, 0.15) is 11.6 Å². The van der Waals surface area contributed by atoms with E-state index in [-0.39, 0.29) is 5.82 Å². The van der Waals surface area contributed by atoms with Crippen molar-refractivity contribution in [2.24, 2.45) is 4.99 Å². The first-order chi connectivity index (χ1) is 8.69. The summed E-state index contributed by atoms with van der Waals surface area (Å²) >= 11 is 0. The van der Waals surface area contributed by atoms with Gasteiger partial charge in [0.25, 0.3) is 0 Å². The summed E-state index contributed by atoms with van der Waals surface area (Å²) in [6.45, 7) is 1.92. The molecule has 0 fully saturated rings.